The molecule has 1 saturated heterocycles. The molecule has 1 heterocycles. The highest BCUT2D eigenvalue weighted by Crippen LogP contribution is 2.23. The lowest BCUT2D eigenvalue weighted by Crippen LogP contribution is -2.40. The molecule has 1 aromatic rings. The lowest BCUT2D eigenvalue weighted by Gasteiger charge is -2.20. The van der Waals surface area contributed by atoms with Gasteiger partial charge in [-0.05, 0) is 30.5 Å². The highest BCUT2D eigenvalue weighted by atomic mass is 32.2. The lowest BCUT2D eigenvalue weighted by atomic mass is 10.2. The van der Waals surface area contributed by atoms with Gasteiger partial charge in [0.25, 0.3) is 0 Å². The van der Waals surface area contributed by atoms with Crippen LogP contribution in [0.4, 0.5) is 0 Å². The Hall–Kier alpha value is -1.91. The van der Waals surface area contributed by atoms with Gasteiger partial charge in [-0.1, -0.05) is 12.1 Å². The van der Waals surface area contributed by atoms with Gasteiger partial charge in [-0.15, -0.1) is 0 Å². The van der Waals surface area contributed by atoms with Gasteiger partial charge in [0, 0.05) is 6.54 Å². The SMILES string of the molecule is N#Cc1cccc(CS(=O)(=O)N2CCC[C@@H]2C(=O)O)c1. The summed E-state index contributed by atoms with van der Waals surface area (Å²) < 4.78 is 25.6. The number of hydrogen-bond donors (Lipinski definition) is 1. The van der Waals surface area contributed by atoms with E-state index in [-0.39, 0.29) is 12.3 Å². The quantitative estimate of drug-likeness (QED) is 0.891. The van der Waals surface area contributed by atoms with E-state index in [4.69, 9.17) is 10.4 Å². The zero-order valence-corrected chi connectivity index (χ0v) is 11.5. The van der Waals surface area contributed by atoms with Crippen molar-refractivity contribution in [1.29, 1.82) is 5.26 Å². The van der Waals surface area contributed by atoms with Gasteiger partial charge >= 0.3 is 5.97 Å². The lowest BCUT2D eigenvalue weighted by molar-refractivity contribution is -0.140. The molecule has 1 aromatic carbocycles. The predicted octanol–water partition coefficient (Wildman–Crippen LogP) is 0.937. The van der Waals surface area contributed by atoms with Crippen molar-refractivity contribution in [3.63, 3.8) is 0 Å². The first kappa shape index (κ1) is 14.5. The number of aliphatic carboxylic acids is 1. The van der Waals surface area contributed by atoms with E-state index in [2.05, 4.69) is 0 Å². The van der Waals surface area contributed by atoms with Crippen LogP contribution < -0.4 is 0 Å². The highest BCUT2D eigenvalue weighted by molar-refractivity contribution is 7.88. The smallest absolute Gasteiger partial charge is 0.322 e. The second-order valence-electron chi connectivity index (χ2n) is 4.68. The summed E-state index contributed by atoms with van der Waals surface area (Å²) in [6.45, 7) is 0.233. The molecule has 0 radical (unpaired) electrons. The van der Waals surface area contributed by atoms with Gasteiger partial charge in [-0.3, -0.25) is 4.79 Å². The first-order valence-corrected chi connectivity index (χ1v) is 7.76. The Bertz CT molecular complexity index is 663. The van der Waals surface area contributed by atoms with Crippen LogP contribution in [0.25, 0.3) is 0 Å². The molecule has 0 bridgehead atoms. The van der Waals surface area contributed by atoms with Crippen molar-refractivity contribution in [3.8, 4) is 6.07 Å². The normalized spacial score (nSPS) is 19.6. The first-order valence-electron chi connectivity index (χ1n) is 6.15. The summed E-state index contributed by atoms with van der Waals surface area (Å²) in [5.74, 6) is -1.40. The second-order valence-corrected chi connectivity index (χ2v) is 6.60. The van der Waals surface area contributed by atoms with Crippen molar-refractivity contribution in [3.05, 3.63) is 35.4 Å². The molecule has 0 spiro atoms. The summed E-state index contributed by atoms with van der Waals surface area (Å²) in [4.78, 5) is 11.1. The number of nitriles is 1. The number of sulfonamides is 1. The number of hydrogen-bond acceptors (Lipinski definition) is 4. The van der Waals surface area contributed by atoms with Crippen molar-refractivity contribution >= 4 is 16.0 Å². The maximum absolute atomic E-state index is 12.3. The molecular formula is C13H14N2O4S. The number of carboxylic acids is 1. The third-order valence-electron chi connectivity index (χ3n) is 3.25. The molecule has 7 heteroatoms. The maximum atomic E-state index is 12.3. The second kappa shape index (κ2) is 5.61. The molecule has 106 valence electrons. The van der Waals surface area contributed by atoms with Gasteiger partial charge in [0.2, 0.25) is 10.0 Å². The summed E-state index contributed by atoms with van der Waals surface area (Å²) in [6, 6.07) is 7.30. The molecule has 20 heavy (non-hydrogen) atoms. The van der Waals surface area contributed by atoms with Gasteiger partial charge in [0.05, 0.1) is 17.4 Å². The van der Waals surface area contributed by atoms with Crippen molar-refractivity contribution in [1.82, 2.24) is 4.31 Å². The molecule has 1 fully saturated rings. The van der Waals surface area contributed by atoms with Gasteiger partial charge < -0.3 is 5.11 Å². The molecule has 0 aromatic heterocycles. The van der Waals surface area contributed by atoms with Crippen LogP contribution in [0.2, 0.25) is 0 Å². The minimum Gasteiger partial charge on any atom is -0.480 e. The van der Waals surface area contributed by atoms with Gasteiger partial charge in [0.15, 0.2) is 0 Å². The monoisotopic (exact) mass is 294 g/mol. The average molecular weight is 294 g/mol. The van der Waals surface area contributed by atoms with Crippen LogP contribution >= 0.6 is 0 Å². The zero-order valence-electron chi connectivity index (χ0n) is 10.7. The molecular weight excluding hydrogens is 280 g/mol. The van der Waals surface area contributed by atoms with Crippen LogP contribution in [0.1, 0.15) is 24.0 Å². The maximum Gasteiger partial charge on any atom is 0.322 e. The summed E-state index contributed by atoms with van der Waals surface area (Å²) in [7, 11) is -3.69. The summed E-state index contributed by atoms with van der Waals surface area (Å²) in [5, 5.41) is 17.8. The number of rotatable bonds is 4. The molecule has 0 saturated carbocycles. The summed E-state index contributed by atoms with van der Waals surface area (Å²) >= 11 is 0. The predicted molar refractivity (Wildman–Crippen MR) is 71.1 cm³/mol. The van der Waals surface area contributed by atoms with Crippen molar-refractivity contribution in [2.75, 3.05) is 6.54 Å². The van der Waals surface area contributed by atoms with Crippen LogP contribution in [0.15, 0.2) is 24.3 Å². The third kappa shape index (κ3) is 2.98. The van der Waals surface area contributed by atoms with Crippen LogP contribution in [-0.2, 0) is 20.6 Å². The number of benzene rings is 1. The van der Waals surface area contributed by atoms with Crippen molar-refractivity contribution in [2.24, 2.45) is 0 Å². The van der Waals surface area contributed by atoms with Crippen molar-refractivity contribution in [2.45, 2.75) is 24.6 Å². The van der Waals surface area contributed by atoms with Gasteiger partial charge in [0.1, 0.15) is 6.04 Å². The van der Waals surface area contributed by atoms with E-state index < -0.39 is 22.0 Å². The van der Waals surface area contributed by atoms with Crippen LogP contribution in [0.3, 0.4) is 0 Å². The minimum absolute atomic E-state index is 0.233. The van der Waals surface area contributed by atoms with E-state index >= 15 is 0 Å². The fraction of sp³-hybridized carbons (Fsp3) is 0.385. The first-order chi connectivity index (χ1) is 9.44. The highest BCUT2D eigenvalue weighted by Gasteiger charge is 2.38. The number of nitrogens with zero attached hydrogens (tertiary/aromatic N) is 2. The Kier molecular flexibility index (Phi) is 4.06. The molecule has 0 amide bonds. The topological polar surface area (TPSA) is 98.5 Å². The van der Waals surface area contributed by atoms with E-state index in [9.17, 15) is 13.2 Å². The number of carboxylic acid groups (broad SMARTS) is 1. The summed E-state index contributed by atoms with van der Waals surface area (Å²) in [5.41, 5.74) is 0.869. The molecule has 6 nitrogen and oxygen atoms in total. The molecule has 1 atom stereocenters. The largest absolute Gasteiger partial charge is 0.480 e. The minimum atomic E-state index is -3.69. The molecule has 2 rings (SSSR count). The third-order valence-corrected chi connectivity index (χ3v) is 5.10. The van der Waals surface area contributed by atoms with Crippen LogP contribution in [-0.4, -0.2) is 36.4 Å². The molecule has 0 unspecified atom stereocenters. The molecule has 1 aliphatic rings. The average Bonchev–Trinajstić information content (AvgIpc) is 2.88. The van der Waals surface area contributed by atoms with Crippen LogP contribution in [0.5, 0.6) is 0 Å². The van der Waals surface area contributed by atoms with Gasteiger partial charge in [-0.25, -0.2) is 8.42 Å². The fourth-order valence-electron chi connectivity index (χ4n) is 2.34. The standard InChI is InChI=1S/C13H14N2O4S/c14-8-10-3-1-4-11(7-10)9-20(18,19)15-6-2-5-12(15)13(16)17/h1,3-4,7,12H,2,5-6,9H2,(H,16,17)/t12-/m1/s1. The summed E-state index contributed by atoms with van der Waals surface area (Å²) in [6.07, 6.45) is 0.890. The van der Waals surface area contributed by atoms with E-state index in [1.54, 1.807) is 18.2 Å². The Morgan fingerprint density at radius 2 is 2.25 bits per heavy atom. The Morgan fingerprint density at radius 3 is 2.90 bits per heavy atom. The van der Waals surface area contributed by atoms with E-state index in [0.717, 1.165) is 4.31 Å². The fourth-order valence-corrected chi connectivity index (χ4v) is 4.10. The molecule has 0 aliphatic carbocycles. The zero-order chi connectivity index (χ0) is 14.8. The van der Waals surface area contributed by atoms with Crippen molar-refractivity contribution < 1.29 is 18.3 Å². The Morgan fingerprint density at radius 1 is 1.50 bits per heavy atom. The van der Waals surface area contributed by atoms with Gasteiger partial charge in [-0.2, -0.15) is 9.57 Å². The Balaban J connectivity index is 2.23. The van der Waals surface area contributed by atoms with E-state index in [0.29, 0.717) is 24.0 Å². The number of carbonyl (C=O) groups is 1. The van der Waals surface area contributed by atoms with Crippen LogP contribution in [0, 0.1) is 11.3 Å². The van der Waals surface area contributed by atoms with E-state index in [1.165, 1.54) is 6.07 Å². The Labute approximate surface area is 117 Å². The molecule has 1 aliphatic heterocycles. The molecule has 1 N–H and O–H groups in total. The van der Waals surface area contributed by atoms with E-state index in [1.807, 2.05) is 6.07 Å².